The number of benzene rings is 1. The van der Waals surface area contributed by atoms with Crippen LogP contribution in [0.1, 0.15) is 18.4 Å². The summed E-state index contributed by atoms with van der Waals surface area (Å²) in [4.78, 5) is 11.9. The molecule has 1 amide bonds. The molecule has 0 radical (unpaired) electrons. The van der Waals surface area contributed by atoms with Gasteiger partial charge in [0.1, 0.15) is 0 Å². The van der Waals surface area contributed by atoms with Crippen molar-refractivity contribution in [2.45, 2.75) is 25.8 Å². The van der Waals surface area contributed by atoms with Crippen LogP contribution in [0.25, 0.3) is 0 Å². The molecule has 86 valence electrons. The molecular weight excluding hydrogens is 268 g/mol. The molecule has 2 N–H and O–H groups in total. The number of hydrogen-bond donors (Lipinski definition) is 2. The van der Waals surface area contributed by atoms with Crippen molar-refractivity contribution in [1.29, 1.82) is 0 Å². The van der Waals surface area contributed by atoms with Gasteiger partial charge in [0.05, 0.1) is 11.7 Å². The van der Waals surface area contributed by atoms with Crippen molar-refractivity contribution in [3.63, 3.8) is 0 Å². The number of carbonyl (C=O) groups is 1. The fraction of sp³-hybridized carbons (Fsp3) is 0.417. The summed E-state index contributed by atoms with van der Waals surface area (Å²) in [6, 6.07) is 5.82. The first-order valence-corrected chi connectivity index (χ1v) is 6.27. The minimum absolute atomic E-state index is 0.0348. The van der Waals surface area contributed by atoms with Crippen LogP contribution in [0.2, 0.25) is 0 Å². The highest BCUT2D eigenvalue weighted by Gasteiger charge is 2.22. The van der Waals surface area contributed by atoms with Crippen molar-refractivity contribution in [2.24, 2.45) is 0 Å². The van der Waals surface area contributed by atoms with Gasteiger partial charge in [-0.2, -0.15) is 0 Å². The lowest BCUT2D eigenvalue weighted by atomic mass is 10.2. The van der Waals surface area contributed by atoms with Gasteiger partial charge in [-0.1, -0.05) is 12.1 Å². The van der Waals surface area contributed by atoms with E-state index in [1.807, 2.05) is 25.1 Å². The number of rotatable bonds is 2. The molecule has 0 aliphatic carbocycles. The SMILES string of the molecule is Cc1cccc(NC(=O)[C@@H]2CCCN2)c1Br. The topological polar surface area (TPSA) is 41.1 Å². The van der Waals surface area contributed by atoms with E-state index in [2.05, 4.69) is 26.6 Å². The Bertz CT molecular complexity index is 400. The Labute approximate surface area is 104 Å². The Kier molecular flexibility index (Phi) is 3.61. The number of carbonyl (C=O) groups excluding carboxylic acids is 1. The van der Waals surface area contributed by atoms with E-state index in [9.17, 15) is 4.79 Å². The Morgan fingerprint density at radius 1 is 1.56 bits per heavy atom. The summed E-state index contributed by atoms with van der Waals surface area (Å²) < 4.78 is 0.960. The summed E-state index contributed by atoms with van der Waals surface area (Å²) in [5.41, 5.74) is 1.97. The largest absolute Gasteiger partial charge is 0.324 e. The lowest BCUT2D eigenvalue weighted by Crippen LogP contribution is -2.35. The molecule has 1 saturated heterocycles. The van der Waals surface area contributed by atoms with Crippen LogP contribution in [-0.2, 0) is 4.79 Å². The van der Waals surface area contributed by atoms with Crippen molar-refractivity contribution >= 4 is 27.5 Å². The molecule has 0 spiro atoms. The predicted molar refractivity (Wildman–Crippen MR) is 68.5 cm³/mol. The van der Waals surface area contributed by atoms with Gasteiger partial charge in [0.2, 0.25) is 5.91 Å². The monoisotopic (exact) mass is 282 g/mol. The average molecular weight is 283 g/mol. The zero-order valence-electron chi connectivity index (χ0n) is 9.22. The van der Waals surface area contributed by atoms with Crippen LogP contribution in [0, 0.1) is 6.92 Å². The van der Waals surface area contributed by atoms with E-state index >= 15 is 0 Å². The maximum Gasteiger partial charge on any atom is 0.241 e. The van der Waals surface area contributed by atoms with E-state index < -0.39 is 0 Å². The van der Waals surface area contributed by atoms with Gasteiger partial charge in [-0.05, 0) is 53.9 Å². The standard InChI is InChI=1S/C12H15BrN2O/c1-8-4-2-5-9(11(8)13)15-12(16)10-6-3-7-14-10/h2,4-5,10,14H,3,6-7H2,1H3,(H,15,16)/t10-/m0/s1. The molecular formula is C12H15BrN2O. The third-order valence-corrected chi connectivity index (χ3v) is 3.88. The highest BCUT2D eigenvalue weighted by molar-refractivity contribution is 9.10. The summed E-state index contributed by atoms with van der Waals surface area (Å²) in [6.07, 6.45) is 2.00. The summed E-state index contributed by atoms with van der Waals surface area (Å²) in [5.74, 6) is 0.0591. The van der Waals surface area contributed by atoms with Gasteiger partial charge in [0.15, 0.2) is 0 Å². The average Bonchev–Trinajstić information content (AvgIpc) is 2.78. The summed E-state index contributed by atoms with van der Waals surface area (Å²) in [5, 5.41) is 6.13. The lowest BCUT2D eigenvalue weighted by molar-refractivity contribution is -0.117. The second kappa shape index (κ2) is 4.97. The Balaban J connectivity index is 2.08. The van der Waals surface area contributed by atoms with Crippen LogP contribution in [0.3, 0.4) is 0 Å². The third-order valence-electron chi connectivity index (χ3n) is 2.83. The summed E-state index contributed by atoms with van der Waals surface area (Å²) in [6.45, 7) is 2.95. The van der Waals surface area contributed by atoms with E-state index in [0.717, 1.165) is 35.1 Å². The van der Waals surface area contributed by atoms with E-state index in [0.29, 0.717) is 0 Å². The molecule has 0 unspecified atom stereocenters. The van der Waals surface area contributed by atoms with E-state index in [1.54, 1.807) is 0 Å². The van der Waals surface area contributed by atoms with Crippen molar-refractivity contribution in [2.75, 3.05) is 11.9 Å². The van der Waals surface area contributed by atoms with Crippen LogP contribution in [-0.4, -0.2) is 18.5 Å². The molecule has 0 saturated carbocycles. The van der Waals surface area contributed by atoms with Crippen LogP contribution in [0.5, 0.6) is 0 Å². The molecule has 1 atom stereocenters. The lowest BCUT2D eigenvalue weighted by Gasteiger charge is -2.13. The van der Waals surface area contributed by atoms with Crippen LogP contribution >= 0.6 is 15.9 Å². The van der Waals surface area contributed by atoms with Gasteiger partial charge < -0.3 is 10.6 Å². The molecule has 1 aromatic carbocycles. The van der Waals surface area contributed by atoms with Crippen LogP contribution in [0.15, 0.2) is 22.7 Å². The van der Waals surface area contributed by atoms with Crippen molar-refractivity contribution in [1.82, 2.24) is 5.32 Å². The number of nitrogens with one attached hydrogen (secondary N) is 2. The molecule has 4 heteroatoms. The second-order valence-corrected chi connectivity index (χ2v) is 4.87. The predicted octanol–water partition coefficient (Wildman–Crippen LogP) is 2.45. The van der Waals surface area contributed by atoms with E-state index in [1.165, 1.54) is 0 Å². The third kappa shape index (κ3) is 2.44. The van der Waals surface area contributed by atoms with Gasteiger partial charge in [0.25, 0.3) is 0 Å². The first kappa shape index (κ1) is 11.6. The van der Waals surface area contributed by atoms with Gasteiger partial charge in [-0.3, -0.25) is 4.79 Å². The molecule has 1 fully saturated rings. The Morgan fingerprint density at radius 2 is 2.38 bits per heavy atom. The minimum atomic E-state index is -0.0348. The molecule has 1 heterocycles. The first-order chi connectivity index (χ1) is 7.68. The van der Waals surface area contributed by atoms with Crippen molar-refractivity contribution in [3.05, 3.63) is 28.2 Å². The van der Waals surface area contributed by atoms with Gasteiger partial charge in [-0.25, -0.2) is 0 Å². The quantitative estimate of drug-likeness (QED) is 0.875. The molecule has 1 aliphatic heterocycles. The molecule has 2 rings (SSSR count). The minimum Gasteiger partial charge on any atom is -0.324 e. The number of hydrogen-bond acceptors (Lipinski definition) is 2. The number of halogens is 1. The molecule has 16 heavy (non-hydrogen) atoms. The summed E-state index contributed by atoms with van der Waals surface area (Å²) >= 11 is 3.48. The fourth-order valence-corrected chi connectivity index (χ4v) is 2.24. The molecule has 3 nitrogen and oxygen atoms in total. The second-order valence-electron chi connectivity index (χ2n) is 4.07. The molecule has 1 aromatic rings. The normalized spacial score (nSPS) is 19.8. The highest BCUT2D eigenvalue weighted by atomic mass is 79.9. The van der Waals surface area contributed by atoms with Crippen LogP contribution in [0.4, 0.5) is 5.69 Å². The van der Waals surface area contributed by atoms with Gasteiger partial charge >= 0.3 is 0 Å². The zero-order valence-corrected chi connectivity index (χ0v) is 10.8. The first-order valence-electron chi connectivity index (χ1n) is 5.48. The van der Waals surface area contributed by atoms with E-state index in [4.69, 9.17) is 0 Å². The fourth-order valence-electron chi connectivity index (χ4n) is 1.87. The molecule has 1 aliphatic rings. The maximum atomic E-state index is 11.9. The Morgan fingerprint density at radius 3 is 3.06 bits per heavy atom. The number of aryl methyl sites for hydroxylation is 1. The van der Waals surface area contributed by atoms with E-state index in [-0.39, 0.29) is 11.9 Å². The number of anilines is 1. The number of amides is 1. The Hall–Kier alpha value is -0.870. The van der Waals surface area contributed by atoms with Crippen LogP contribution < -0.4 is 10.6 Å². The van der Waals surface area contributed by atoms with Gasteiger partial charge in [0, 0.05) is 4.47 Å². The molecule has 0 bridgehead atoms. The van der Waals surface area contributed by atoms with Crippen molar-refractivity contribution in [3.8, 4) is 0 Å². The molecule has 0 aromatic heterocycles. The smallest absolute Gasteiger partial charge is 0.241 e. The van der Waals surface area contributed by atoms with Gasteiger partial charge in [-0.15, -0.1) is 0 Å². The zero-order chi connectivity index (χ0) is 11.5. The van der Waals surface area contributed by atoms with Crippen molar-refractivity contribution < 1.29 is 4.79 Å². The summed E-state index contributed by atoms with van der Waals surface area (Å²) in [7, 11) is 0. The maximum absolute atomic E-state index is 11.9. The highest BCUT2D eigenvalue weighted by Crippen LogP contribution is 2.26.